The average Bonchev–Trinajstić information content (AvgIpc) is 2.84. The minimum absolute atomic E-state index is 0.0986. The summed E-state index contributed by atoms with van der Waals surface area (Å²) in [5.74, 6) is -1.57. The lowest BCUT2D eigenvalue weighted by atomic mass is 10.2. The van der Waals surface area contributed by atoms with E-state index in [1.165, 1.54) is 32.4 Å². The summed E-state index contributed by atoms with van der Waals surface area (Å²) in [7, 11) is -7.06. The molecule has 0 N–H and O–H groups in total. The van der Waals surface area contributed by atoms with Crippen molar-refractivity contribution in [2.75, 3.05) is 15.2 Å². The molecule has 0 amide bonds. The lowest BCUT2D eigenvalue weighted by molar-refractivity contribution is 0.584. The van der Waals surface area contributed by atoms with Crippen molar-refractivity contribution in [3.05, 3.63) is 38.7 Å². The first kappa shape index (κ1) is 21.6. The molecule has 0 aliphatic heterocycles. The Balaban J connectivity index is 2.88. The first-order chi connectivity index (χ1) is 12.4. The maximum atomic E-state index is 14.5. The van der Waals surface area contributed by atoms with Crippen LogP contribution in [0.3, 0.4) is 0 Å². The Hall–Kier alpha value is -1.73. The molecule has 9 nitrogen and oxygen atoms in total. The molecule has 1 aromatic carbocycles. The summed E-state index contributed by atoms with van der Waals surface area (Å²) in [5, 5.41) is 3.93. The highest BCUT2D eigenvalue weighted by molar-refractivity contribution is 9.10. The van der Waals surface area contributed by atoms with Crippen molar-refractivity contribution in [1.29, 1.82) is 0 Å². The van der Waals surface area contributed by atoms with Crippen LogP contribution in [-0.2, 0) is 27.1 Å². The predicted molar refractivity (Wildman–Crippen MR) is 103 cm³/mol. The van der Waals surface area contributed by atoms with Gasteiger partial charge in [0.2, 0.25) is 20.0 Å². The van der Waals surface area contributed by atoms with Crippen molar-refractivity contribution in [3.8, 4) is 5.69 Å². The van der Waals surface area contributed by atoms with E-state index in [0.717, 1.165) is 16.8 Å². The summed E-state index contributed by atoms with van der Waals surface area (Å²) in [6.45, 7) is 4.11. The van der Waals surface area contributed by atoms with Gasteiger partial charge in [0.05, 0.1) is 17.2 Å². The Bertz CT molecular complexity index is 1120. The van der Waals surface area contributed by atoms with E-state index >= 15 is 0 Å². The third-order valence-corrected chi connectivity index (χ3v) is 8.74. The number of aromatic nitrogens is 3. The Kier molecular flexibility index (Phi) is 5.88. The highest BCUT2D eigenvalue weighted by Crippen LogP contribution is 2.34. The number of anilines is 1. The van der Waals surface area contributed by atoms with Gasteiger partial charge in [0.25, 0.3) is 0 Å². The predicted octanol–water partition coefficient (Wildman–Crippen LogP) is 1.29. The molecule has 1 heterocycles. The number of halogens is 2. The number of benzene rings is 1. The molecule has 27 heavy (non-hydrogen) atoms. The van der Waals surface area contributed by atoms with Gasteiger partial charge in [-0.15, -0.1) is 0 Å². The zero-order chi connectivity index (χ0) is 20.7. The monoisotopic (exact) mass is 484 g/mol. The van der Waals surface area contributed by atoms with Crippen LogP contribution in [0.4, 0.5) is 10.1 Å². The number of hydrogen-bond acceptors (Lipinski definition) is 6. The zero-order valence-corrected chi connectivity index (χ0v) is 18.2. The van der Waals surface area contributed by atoms with Gasteiger partial charge in [-0.3, -0.25) is 4.57 Å². The highest BCUT2D eigenvalue weighted by Gasteiger charge is 2.34. The second-order valence-electron chi connectivity index (χ2n) is 5.55. The van der Waals surface area contributed by atoms with E-state index in [1.807, 2.05) is 0 Å². The molecule has 0 atom stereocenters. The van der Waals surface area contributed by atoms with Gasteiger partial charge < -0.3 is 0 Å². The summed E-state index contributed by atoms with van der Waals surface area (Å²) < 4.78 is 66.4. The Labute approximate surface area is 164 Å². The van der Waals surface area contributed by atoms with Crippen molar-refractivity contribution >= 4 is 41.7 Å². The van der Waals surface area contributed by atoms with E-state index in [1.54, 1.807) is 0 Å². The molecule has 0 saturated heterocycles. The van der Waals surface area contributed by atoms with Crippen molar-refractivity contribution in [2.45, 2.75) is 20.8 Å². The van der Waals surface area contributed by atoms with Gasteiger partial charge in [-0.05, 0) is 48.8 Å². The van der Waals surface area contributed by atoms with Crippen LogP contribution in [-0.4, -0.2) is 42.7 Å². The molecular weight excluding hydrogens is 467 g/mol. The first-order valence-corrected chi connectivity index (χ1v) is 11.8. The average molecular weight is 485 g/mol. The third kappa shape index (κ3) is 3.80. The number of hydrogen-bond donors (Lipinski definition) is 0. The van der Waals surface area contributed by atoms with Crippen LogP contribution in [0.2, 0.25) is 0 Å². The van der Waals surface area contributed by atoms with Gasteiger partial charge in [0.1, 0.15) is 17.3 Å². The standard InChI is InChI=1S/C14H18BrFN4O5S2/c1-5-26(22,23)20(27(24,25)6-2)12-8-13(11(16)7-10(12)15)19-14(21)18(4)9(3)17-19/h7-8H,5-6H2,1-4H3. The number of nitrogens with zero attached hydrogens (tertiary/aromatic N) is 4. The van der Waals surface area contributed by atoms with Crippen LogP contribution in [0.25, 0.3) is 5.69 Å². The van der Waals surface area contributed by atoms with E-state index in [0.29, 0.717) is 5.82 Å². The Morgan fingerprint density at radius 2 is 1.67 bits per heavy atom. The Morgan fingerprint density at radius 1 is 1.15 bits per heavy atom. The van der Waals surface area contributed by atoms with E-state index in [4.69, 9.17) is 0 Å². The molecular formula is C14H18BrFN4O5S2. The highest BCUT2D eigenvalue weighted by atomic mass is 79.9. The third-order valence-electron chi connectivity index (χ3n) is 3.87. The van der Waals surface area contributed by atoms with E-state index in [9.17, 15) is 26.0 Å². The van der Waals surface area contributed by atoms with Gasteiger partial charge in [0.15, 0.2) is 0 Å². The lowest BCUT2D eigenvalue weighted by Gasteiger charge is -2.24. The molecule has 0 radical (unpaired) electrons. The second-order valence-corrected chi connectivity index (χ2v) is 10.9. The molecule has 0 aliphatic carbocycles. The smallest absolute Gasteiger partial charge is 0.282 e. The van der Waals surface area contributed by atoms with Crippen molar-refractivity contribution < 1.29 is 21.2 Å². The molecule has 2 rings (SSSR count). The maximum Gasteiger partial charge on any atom is 0.350 e. The summed E-state index contributed by atoms with van der Waals surface area (Å²) in [5.41, 5.74) is -1.36. The van der Waals surface area contributed by atoms with Crippen LogP contribution in [0.5, 0.6) is 0 Å². The van der Waals surface area contributed by atoms with Gasteiger partial charge in [-0.25, -0.2) is 26.0 Å². The molecule has 1 aromatic heterocycles. The molecule has 2 aromatic rings. The fourth-order valence-electron chi connectivity index (χ4n) is 2.23. The van der Waals surface area contributed by atoms with Gasteiger partial charge in [0, 0.05) is 11.5 Å². The van der Waals surface area contributed by atoms with E-state index in [-0.39, 0.29) is 19.6 Å². The summed E-state index contributed by atoms with van der Waals surface area (Å²) >= 11 is 3.01. The second kappa shape index (κ2) is 7.36. The van der Waals surface area contributed by atoms with Gasteiger partial charge >= 0.3 is 5.69 Å². The molecule has 0 aliphatic rings. The minimum atomic E-state index is -4.25. The lowest BCUT2D eigenvalue weighted by Crippen LogP contribution is -2.39. The molecule has 0 unspecified atom stereocenters. The summed E-state index contributed by atoms with van der Waals surface area (Å²) in [6, 6.07) is 1.86. The topological polar surface area (TPSA) is 111 Å². The number of aryl methyl sites for hydroxylation is 1. The molecule has 0 spiro atoms. The molecule has 13 heteroatoms. The number of sulfonamides is 2. The van der Waals surface area contributed by atoms with Gasteiger partial charge in [-0.1, -0.05) is 0 Å². The van der Waals surface area contributed by atoms with Crippen molar-refractivity contribution in [3.63, 3.8) is 0 Å². The van der Waals surface area contributed by atoms with Crippen LogP contribution in [0, 0.1) is 12.7 Å². The normalized spacial score (nSPS) is 12.4. The largest absolute Gasteiger partial charge is 0.350 e. The summed E-state index contributed by atoms with van der Waals surface area (Å²) in [4.78, 5) is 12.2. The minimum Gasteiger partial charge on any atom is -0.282 e. The van der Waals surface area contributed by atoms with Gasteiger partial charge in [-0.2, -0.15) is 13.5 Å². The Morgan fingerprint density at radius 3 is 2.07 bits per heavy atom. The van der Waals surface area contributed by atoms with Crippen LogP contribution >= 0.6 is 15.9 Å². The fraction of sp³-hybridized carbons (Fsp3) is 0.429. The van der Waals surface area contributed by atoms with Crippen molar-refractivity contribution in [1.82, 2.24) is 14.3 Å². The molecule has 150 valence electrons. The van der Waals surface area contributed by atoms with Crippen LogP contribution in [0.15, 0.2) is 21.4 Å². The number of rotatable bonds is 6. The first-order valence-electron chi connectivity index (χ1n) is 7.75. The fourth-order valence-corrected chi connectivity index (χ4v) is 6.34. The quantitative estimate of drug-likeness (QED) is 0.610. The summed E-state index contributed by atoms with van der Waals surface area (Å²) in [6.07, 6.45) is 0. The van der Waals surface area contributed by atoms with Crippen LogP contribution in [0.1, 0.15) is 19.7 Å². The molecule has 0 saturated carbocycles. The van der Waals surface area contributed by atoms with E-state index < -0.39 is 43.1 Å². The van der Waals surface area contributed by atoms with Crippen molar-refractivity contribution in [2.24, 2.45) is 7.05 Å². The van der Waals surface area contributed by atoms with E-state index in [2.05, 4.69) is 21.0 Å². The molecule has 0 bridgehead atoms. The van der Waals surface area contributed by atoms with Crippen LogP contribution < -0.4 is 9.40 Å². The zero-order valence-electron chi connectivity index (χ0n) is 15.0. The maximum absolute atomic E-state index is 14.5. The molecule has 0 fully saturated rings. The SMILES string of the molecule is CCS(=O)(=O)N(c1cc(-n2nc(C)n(C)c2=O)c(F)cc1Br)S(=O)(=O)CC.